The van der Waals surface area contributed by atoms with Crippen molar-refractivity contribution in [3.05, 3.63) is 55.1 Å². The lowest BCUT2D eigenvalue weighted by molar-refractivity contribution is -0.156. The van der Waals surface area contributed by atoms with E-state index in [1.807, 2.05) is 49.4 Å². The van der Waals surface area contributed by atoms with Gasteiger partial charge < -0.3 is 24.7 Å². The number of hydrogen-bond donors (Lipinski definition) is 2. The highest BCUT2D eigenvalue weighted by Crippen LogP contribution is 2.65. The monoisotopic (exact) mass is 534 g/mol. The highest BCUT2D eigenvalue weighted by Gasteiger charge is 2.80. The first-order valence-electron chi connectivity index (χ1n) is 13.9. The first-order chi connectivity index (χ1) is 18.7. The number of aliphatic carboxylic acids is 1. The SMILES string of the molecule is C=CCN(C(=O)C1N(CCCCCCO)C(=O)[C@@H]2[C@H](C(=O)O)[C@@]3(C)OC12CC3C)c1ccc2ccccc2c1. The molecule has 39 heavy (non-hydrogen) atoms. The molecule has 3 unspecified atom stereocenters. The number of anilines is 1. The minimum atomic E-state index is -1.20. The van der Waals surface area contributed by atoms with Crippen molar-refractivity contribution in [2.75, 3.05) is 24.6 Å². The molecule has 2 aromatic rings. The number of carbonyl (C=O) groups is 3. The fraction of sp³-hybridized carbons (Fsp3) is 0.516. The normalized spacial score (nSPS) is 31.1. The van der Waals surface area contributed by atoms with Crippen LogP contribution < -0.4 is 4.90 Å². The van der Waals surface area contributed by atoms with E-state index in [1.165, 1.54) is 0 Å². The smallest absolute Gasteiger partial charge is 0.310 e. The molecule has 0 radical (unpaired) electrons. The van der Waals surface area contributed by atoms with Crippen LogP contribution in [0.5, 0.6) is 0 Å². The molecule has 2 amide bonds. The molecule has 2 bridgehead atoms. The Bertz CT molecular complexity index is 1290. The molecule has 3 fully saturated rings. The molecule has 6 atom stereocenters. The summed E-state index contributed by atoms with van der Waals surface area (Å²) in [6, 6.07) is 12.8. The van der Waals surface area contributed by atoms with Gasteiger partial charge in [0.15, 0.2) is 0 Å². The maximum atomic E-state index is 14.6. The summed E-state index contributed by atoms with van der Waals surface area (Å²) in [5.41, 5.74) is -1.54. The number of carboxylic acids is 1. The fourth-order valence-corrected chi connectivity index (χ4v) is 7.33. The van der Waals surface area contributed by atoms with Crippen LogP contribution in [0.25, 0.3) is 10.8 Å². The molecule has 3 aliphatic heterocycles. The number of amides is 2. The molecule has 0 saturated carbocycles. The fourth-order valence-electron chi connectivity index (χ4n) is 7.33. The molecule has 8 nitrogen and oxygen atoms in total. The van der Waals surface area contributed by atoms with Gasteiger partial charge in [0.25, 0.3) is 5.91 Å². The van der Waals surface area contributed by atoms with Crippen molar-refractivity contribution >= 4 is 34.2 Å². The standard InChI is InChI=1S/C31H38N2O6/c1-4-15-32(23-14-13-21-11-7-8-12-22(21)18-23)28(36)26-31-19-20(2)30(3,39-31)25(29(37)38)24(31)27(35)33(26)16-9-5-6-10-17-34/h4,7-8,11-14,18,20,24-26,34H,1,5-6,9-10,15-17,19H2,2-3H3,(H,37,38)/t20?,24-,25+,26?,30-,31?/m0/s1. The van der Waals surface area contributed by atoms with Crippen LogP contribution in [0.3, 0.4) is 0 Å². The number of rotatable bonds is 11. The number of hydrogen-bond acceptors (Lipinski definition) is 5. The summed E-state index contributed by atoms with van der Waals surface area (Å²) in [4.78, 5) is 44.4. The van der Waals surface area contributed by atoms with Crippen molar-refractivity contribution in [3.8, 4) is 0 Å². The lowest BCUT2D eigenvalue weighted by atomic mass is 9.62. The molecule has 2 N–H and O–H groups in total. The quantitative estimate of drug-likeness (QED) is 0.333. The van der Waals surface area contributed by atoms with E-state index >= 15 is 0 Å². The highest BCUT2D eigenvalue weighted by atomic mass is 16.5. The van der Waals surface area contributed by atoms with Gasteiger partial charge in [0.1, 0.15) is 17.6 Å². The number of unbranched alkanes of at least 4 members (excludes halogenated alkanes) is 3. The Morgan fingerprint density at radius 3 is 2.56 bits per heavy atom. The maximum Gasteiger partial charge on any atom is 0.310 e. The van der Waals surface area contributed by atoms with Crippen LogP contribution in [-0.4, -0.2) is 69.8 Å². The number of benzene rings is 2. The van der Waals surface area contributed by atoms with Crippen LogP contribution in [0.15, 0.2) is 55.1 Å². The zero-order valence-electron chi connectivity index (χ0n) is 22.7. The molecule has 208 valence electrons. The first-order valence-corrected chi connectivity index (χ1v) is 13.9. The third kappa shape index (κ3) is 4.25. The van der Waals surface area contributed by atoms with E-state index in [4.69, 9.17) is 9.84 Å². The predicted octanol–water partition coefficient (Wildman–Crippen LogP) is 4.01. The summed E-state index contributed by atoms with van der Waals surface area (Å²) in [7, 11) is 0. The molecule has 8 heteroatoms. The second-order valence-corrected chi connectivity index (χ2v) is 11.5. The second kappa shape index (κ2) is 10.4. The van der Waals surface area contributed by atoms with E-state index in [0.29, 0.717) is 31.5 Å². The van der Waals surface area contributed by atoms with Crippen LogP contribution in [0, 0.1) is 17.8 Å². The Kier molecular flexibility index (Phi) is 7.29. The summed E-state index contributed by atoms with van der Waals surface area (Å²) in [5, 5.41) is 21.4. The minimum absolute atomic E-state index is 0.113. The van der Waals surface area contributed by atoms with Crippen LogP contribution >= 0.6 is 0 Å². The Morgan fingerprint density at radius 1 is 1.15 bits per heavy atom. The van der Waals surface area contributed by atoms with Gasteiger partial charge in [-0.05, 0) is 55.0 Å². The highest BCUT2D eigenvalue weighted by molar-refractivity contribution is 6.05. The van der Waals surface area contributed by atoms with Crippen molar-refractivity contribution < 1.29 is 29.3 Å². The van der Waals surface area contributed by atoms with E-state index in [2.05, 4.69) is 6.58 Å². The number of aliphatic hydroxyl groups is 1. The molecule has 1 spiro atoms. The molecule has 0 aliphatic carbocycles. The Morgan fingerprint density at radius 2 is 1.87 bits per heavy atom. The Hall–Kier alpha value is -3.23. The zero-order valence-corrected chi connectivity index (χ0v) is 22.7. The number of carboxylic acid groups (broad SMARTS) is 1. The number of likely N-dealkylation sites (tertiary alicyclic amines) is 1. The number of ether oxygens (including phenoxy) is 1. The largest absolute Gasteiger partial charge is 0.481 e. The van der Waals surface area contributed by atoms with Gasteiger partial charge in [0, 0.05) is 25.4 Å². The number of fused-ring (bicyclic) bond motifs is 2. The summed E-state index contributed by atoms with van der Waals surface area (Å²) < 4.78 is 6.62. The molecule has 3 aliphatic rings. The molecular formula is C31H38N2O6. The van der Waals surface area contributed by atoms with Crippen LogP contribution in [0.4, 0.5) is 5.69 Å². The summed E-state index contributed by atoms with van der Waals surface area (Å²) in [5.74, 6) is -3.70. The molecule has 3 saturated heterocycles. The van der Waals surface area contributed by atoms with Gasteiger partial charge >= 0.3 is 5.97 Å². The second-order valence-electron chi connectivity index (χ2n) is 11.5. The zero-order chi connectivity index (χ0) is 27.9. The maximum absolute atomic E-state index is 14.6. The third-order valence-electron chi connectivity index (χ3n) is 9.24. The van der Waals surface area contributed by atoms with Crippen molar-refractivity contribution in [1.29, 1.82) is 0 Å². The molecule has 3 heterocycles. The molecule has 0 aromatic heterocycles. The van der Waals surface area contributed by atoms with E-state index in [0.717, 1.165) is 23.6 Å². The lowest BCUT2D eigenvalue weighted by Gasteiger charge is -2.37. The van der Waals surface area contributed by atoms with Gasteiger partial charge in [0.05, 0.1) is 11.5 Å². The van der Waals surface area contributed by atoms with Gasteiger partial charge in [-0.2, -0.15) is 0 Å². The van der Waals surface area contributed by atoms with Gasteiger partial charge in [-0.1, -0.05) is 56.2 Å². The van der Waals surface area contributed by atoms with Gasteiger partial charge in [0.2, 0.25) is 5.91 Å². The average Bonchev–Trinajstić information content (AvgIpc) is 3.43. The molecule has 5 rings (SSSR count). The number of nitrogens with zero attached hydrogens (tertiary/aromatic N) is 2. The summed E-state index contributed by atoms with van der Waals surface area (Å²) >= 11 is 0. The van der Waals surface area contributed by atoms with Crippen molar-refractivity contribution in [3.63, 3.8) is 0 Å². The topological polar surface area (TPSA) is 107 Å². The van der Waals surface area contributed by atoms with Gasteiger partial charge in [-0.15, -0.1) is 6.58 Å². The minimum Gasteiger partial charge on any atom is -0.481 e. The number of aliphatic hydroxyl groups excluding tert-OH is 1. The van der Waals surface area contributed by atoms with Crippen LogP contribution in [-0.2, 0) is 19.1 Å². The Balaban J connectivity index is 1.56. The van der Waals surface area contributed by atoms with Crippen LogP contribution in [0.2, 0.25) is 0 Å². The van der Waals surface area contributed by atoms with Crippen LogP contribution in [0.1, 0.15) is 46.0 Å². The first kappa shape index (κ1) is 27.3. The van der Waals surface area contributed by atoms with Crippen molar-refractivity contribution in [2.45, 2.75) is 63.2 Å². The number of carbonyl (C=O) groups excluding carboxylic acids is 2. The average molecular weight is 535 g/mol. The predicted molar refractivity (Wildman–Crippen MR) is 148 cm³/mol. The van der Waals surface area contributed by atoms with E-state index in [9.17, 15) is 19.5 Å². The van der Waals surface area contributed by atoms with Gasteiger partial charge in [-0.25, -0.2) is 0 Å². The third-order valence-corrected chi connectivity index (χ3v) is 9.24. The van der Waals surface area contributed by atoms with E-state index in [1.54, 1.807) is 22.8 Å². The molecule has 2 aromatic carbocycles. The van der Waals surface area contributed by atoms with Crippen molar-refractivity contribution in [1.82, 2.24) is 4.90 Å². The summed E-state index contributed by atoms with van der Waals surface area (Å²) in [6.45, 7) is 8.29. The lowest BCUT2D eigenvalue weighted by Crippen LogP contribution is -2.56. The van der Waals surface area contributed by atoms with Gasteiger partial charge in [-0.3, -0.25) is 14.4 Å². The molecular weight excluding hydrogens is 496 g/mol. The Labute approximate surface area is 229 Å². The summed E-state index contributed by atoms with van der Waals surface area (Å²) in [6.07, 6.45) is 5.05. The van der Waals surface area contributed by atoms with E-state index in [-0.39, 0.29) is 30.9 Å². The van der Waals surface area contributed by atoms with E-state index < -0.39 is 35.0 Å². The van der Waals surface area contributed by atoms with Crippen molar-refractivity contribution in [2.24, 2.45) is 17.8 Å².